The van der Waals surface area contributed by atoms with Gasteiger partial charge in [0.1, 0.15) is 0 Å². The molecular formula is C9H13O4P. The van der Waals surface area contributed by atoms with Gasteiger partial charge in [-0.3, -0.25) is 9.05 Å². The fourth-order valence-electron chi connectivity index (χ4n) is 2.88. The van der Waals surface area contributed by atoms with E-state index in [0.717, 1.165) is 12.8 Å². The molecule has 0 amide bonds. The summed E-state index contributed by atoms with van der Waals surface area (Å²) < 4.78 is 20.9. The highest BCUT2D eigenvalue weighted by molar-refractivity contribution is 7.47. The normalized spacial score (nSPS) is 55.8. The van der Waals surface area contributed by atoms with Gasteiger partial charge in [-0.1, -0.05) is 12.2 Å². The molecule has 0 unspecified atom stereocenters. The van der Waals surface area contributed by atoms with Crippen molar-refractivity contribution in [2.45, 2.75) is 12.8 Å². The number of phosphoric ester groups is 1. The second kappa shape index (κ2) is 2.70. The van der Waals surface area contributed by atoms with Crippen LogP contribution in [0.5, 0.6) is 0 Å². The van der Waals surface area contributed by atoms with Gasteiger partial charge in [-0.15, -0.1) is 0 Å². The molecule has 2 fully saturated rings. The largest absolute Gasteiger partial charge is 0.472 e. The fourth-order valence-corrected chi connectivity index (χ4v) is 3.80. The molecule has 3 aliphatic rings. The second-order valence-electron chi connectivity index (χ2n) is 4.57. The third kappa shape index (κ3) is 1.22. The van der Waals surface area contributed by atoms with Crippen LogP contribution in [-0.4, -0.2) is 18.1 Å². The minimum absolute atomic E-state index is 0.0178. The predicted molar refractivity (Wildman–Crippen MR) is 49.5 cm³/mol. The van der Waals surface area contributed by atoms with Crippen molar-refractivity contribution in [3.05, 3.63) is 12.2 Å². The van der Waals surface area contributed by atoms with Gasteiger partial charge in [0.05, 0.1) is 13.2 Å². The Morgan fingerprint density at radius 2 is 2.07 bits per heavy atom. The van der Waals surface area contributed by atoms with Crippen molar-refractivity contribution in [3.8, 4) is 0 Å². The molecule has 0 aromatic rings. The summed E-state index contributed by atoms with van der Waals surface area (Å²) >= 11 is 0. The molecule has 1 heterocycles. The van der Waals surface area contributed by atoms with Gasteiger partial charge in [0.15, 0.2) is 0 Å². The molecule has 1 saturated heterocycles. The predicted octanol–water partition coefficient (Wildman–Crippen LogP) is 1.72. The minimum atomic E-state index is -3.71. The van der Waals surface area contributed by atoms with E-state index in [4.69, 9.17) is 13.9 Å². The molecule has 5 heteroatoms. The van der Waals surface area contributed by atoms with Gasteiger partial charge in [0, 0.05) is 5.41 Å². The monoisotopic (exact) mass is 216 g/mol. The van der Waals surface area contributed by atoms with Crippen molar-refractivity contribution in [1.82, 2.24) is 0 Å². The van der Waals surface area contributed by atoms with Crippen LogP contribution in [-0.2, 0) is 13.6 Å². The Balaban J connectivity index is 1.82. The Bertz CT molecular complexity index is 326. The van der Waals surface area contributed by atoms with Crippen molar-refractivity contribution in [1.29, 1.82) is 0 Å². The van der Waals surface area contributed by atoms with Gasteiger partial charge in [-0.25, -0.2) is 4.57 Å². The van der Waals surface area contributed by atoms with Gasteiger partial charge < -0.3 is 4.89 Å². The number of rotatable bonds is 0. The van der Waals surface area contributed by atoms with Crippen LogP contribution >= 0.6 is 7.82 Å². The molecule has 1 aliphatic heterocycles. The van der Waals surface area contributed by atoms with Crippen molar-refractivity contribution in [3.63, 3.8) is 0 Å². The Labute approximate surface area is 82.5 Å². The van der Waals surface area contributed by atoms with Gasteiger partial charge in [-0.2, -0.15) is 0 Å². The van der Waals surface area contributed by atoms with Crippen LogP contribution in [0.25, 0.3) is 0 Å². The van der Waals surface area contributed by atoms with Gasteiger partial charge in [0.25, 0.3) is 0 Å². The summed E-state index contributed by atoms with van der Waals surface area (Å²) in [6, 6.07) is 0. The summed E-state index contributed by atoms with van der Waals surface area (Å²) in [5, 5.41) is 0. The number of allylic oxidation sites excluding steroid dienone is 2. The minimum Gasteiger partial charge on any atom is -0.302 e. The average molecular weight is 216 g/mol. The lowest BCUT2D eigenvalue weighted by Gasteiger charge is -2.39. The quantitative estimate of drug-likeness (QED) is 0.494. The molecule has 1 saturated carbocycles. The van der Waals surface area contributed by atoms with Crippen molar-refractivity contribution in [2.75, 3.05) is 13.2 Å². The molecule has 3 rings (SSSR count). The van der Waals surface area contributed by atoms with E-state index in [1.807, 2.05) is 0 Å². The molecule has 0 aromatic carbocycles. The van der Waals surface area contributed by atoms with Crippen molar-refractivity contribution in [2.24, 2.45) is 17.3 Å². The number of hydrogen-bond donors (Lipinski definition) is 1. The van der Waals surface area contributed by atoms with E-state index < -0.39 is 7.82 Å². The van der Waals surface area contributed by atoms with Crippen LogP contribution in [0.1, 0.15) is 12.8 Å². The maximum atomic E-state index is 11.1. The lowest BCUT2D eigenvalue weighted by Crippen LogP contribution is -2.38. The summed E-state index contributed by atoms with van der Waals surface area (Å²) in [5.74, 6) is 1.11. The Morgan fingerprint density at radius 3 is 2.57 bits per heavy atom. The smallest absolute Gasteiger partial charge is 0.302 e. The van der Waals surface area contributed by atoms with Crippen molar-refractivity contribution < 1.29 is 18.5 Å². The SMILES string of the molecule is O=P1(O)OCC2(CO1)C[C@@H]1C=C[C@H]2C1. The molecule has 0 radical (unpaired) electrons. The first-order valence-electron chi connectivity index (χ1n) is 4.90. The first kappa shape index (κ1) is 9.10. The average Bonchev–Trinajstić information content (AvgIpc) is 2.71. The van der Waals surface area contributed by atoms with Gasteiger partial charge in [0.2, 0.25) is 0 Å². The number of phosphoric acid groups is 1. The van der Waals surface area contributed by atoms with Crippen LogP contribution in [0.3, 0.4) is 0 Å². The zero-order chi connectivity index (χ0) is 9.81. The topological polar surface area (TPSA) is 55.8 Å². The number of fused-ring (bicyclic) bond motifs is 3. The van der Waals surface area contributed by atoms with E-state index >= 15 is 0 Å². The summed E-state index contributed by atoms with van der Waals surface area (Å²) in [7, 11) is -3.71. The van der Waals surface area contributed by atoms with E-state index in [-0.39, 0.29) is 5.41 Å². The first-order chi connectivity index (χ1) is 6.60. The Morgan fingerprint density at radius 1 is 1.36 bits per heavy atom. The first-order valence-corrected chi connectivity index (χ1v) is 6.39. The maximum Gasteiger partial charge on any atom is 0.472 e. The van der Waals surface area contributed by atoms with Gasteiger partial charge >= 0.3 is 7.82 Å². The summed E-state index contributed by atoms with van der Waals surface area (Å²) in [6.45, 7) is 0.735. The molecule has 1 N–H and O–H groups in total. The lowest BCUT2D eigenvalue weighted by molar-refractivity contribution is -0.0207. The summed E-state index contributed by atoms with van der Waals surface area (Å²) in [6.07, 6.45) is 6.63. The fraction of sp³-hybridized carbons (Fsp3) is 0.778. The van der Waals surface area contributed by atoms with E-state index in [1.54, 1.807) is 0 Å². The molecule has 4 nitrogen and oxygen atoms in total. The van der Waals surface area contributed by atoms with Crippen LogP contribution in [0.4, 0.5) is 0 Å². The van der Waals surface area contributed by atoms with Crippen LogP contribution in [0, 0.1) is 17.3 Å². The standard InChI is InChI=1S/C9H13O4P/c10-14(11)12-5-9(6-13-14)4-7-1-2-8(9)3-7/h1-2,7-8H,3-6H2,(H,10,11)/t7-,8+/m1/s1. The zero-order valence-corrected chi connectivity index (χ0v) is 8.65. The molecule has 2 aliphatic carbocycles. The molecular weight excluding hydrogens is 203 g/mol. The van der Waals surface area contributed by atoms with Crippen LogP contribution < -0.4 is 0 Å². The molecule has 2 atom stereocenters. The highest BCUT2D eigenvalue weighted by atomic mass is 31.2. The van der Waals surface area contributed by atoms with E-state index in [0.29, 0.717) is 25.0 Å². The third-order valence-corrected chi connectivity index (χ3v) is 4.57. The lowest BCUT2D eigenvalue weighted by atomic mass is 9.77. The van der Waals surface area contributed by atoms with E-state index in [2.05, 4.69) is 12.2 Å². The third-order valence-electron chi connectivity index (χ3n) is 3.66. The van der Waals surface area contributed by atoms with Crippen molar-refractivity contribution >= 4 is 7.82 Å². The van der Waals surface area contributed by atoms with Gasteiger partial charge in [-0.05, 0) is 24.7 Å². The zero-order valence-electron chi connectivity index (χ0n) is 7.76. The highest BCUT2D eigenvalue weighted by Gasteiger charge is 2.53. The number of hydrogen-bond acceptors (Lipinski definition) is 3. The Hall–Kier alpha value is -0.150. The van der Waals surface area contributed by atoms with E-state index in [1.165, 1.54) is 0 Å². The molecule has 1 spiro atoms. The summed E-state index contributed by atoms with van der Waals surface area (Å²) in [5.41, 5.74) is -0.0178. The van der Waals surface area contributed by atoms with E-state index in [9.17, 15) is 4.57 Å². The van der Waals surface area contributed by atoms with Crippen LogP contribution in [0.15, 0.2) is 12.2 Å². The summed E-state index contributed by atoms with van der Waals surface area (Å²) in [4.78, 5) is 9.08. The molecule has 0 aromatic heterocycles. The Kier molecular flexibility index (Phi) is 1.76. The molecule has 2 bridgehead atoms. The second-order valence-corrected chi connectivity index (χ2v) is 6.02. The van der Waals surface area contributed by atoms with Crippen LogP contribution in [0.2, 0.25) is 0 Å². The molecule has 78 valence electrons. The highest BCUT2D eigenvalue weighted by Crippen LogP contribution is 2.59. The maximum absolute atomic E-state index is 11.1. The molecule has 14 heavy (non-hydrogen) atoms.